The maximum Gasteiger partial charge on any atom is 0.269 e. The number of rotatable bonds is 3. The smallest absolute Gasteiger partial charge is 0.269 e. The zero-order valence-corrected chi connectivity index (χ0v) is 12.8. The molecule has 0 fully saturated rings. The fourth-order valence-corrected chi connectivity index (χ4v) is 2.28. The number of nitriles is 1. The molecule has 0 aliphatic rings. The summed E-state index contributed by atoms with van der Waals surface area (Å²) in [6.45, 7) is 5.28. The number of amides is 1. The van der Waals surface area contributed by atoms with Gasteiger partial charge in [0.15, 0.2) is 0 Å². The van der Waals surface area contributed by atoms with E-state index < -0.39 is 11.6 Å². The summed E-state index contributed by atoms with van der Waals surface area (Å²) in [6.07, 6.45) is 0. The van der Waals surface area contributed by atoms with E-state index in [2.05, 4.69) is 5.32 Å². The predicted molar refractivity (Wildman–Crippen MR) is 84.7 cm³/mol. The van der Waals surface area contributed by atoms with Gasteiger partial charge in [-0.2, -0.15) is 5.26 Å². The van der Waals surface area contributed by atoms with E-state index >= 15 is 0 Å². The molecule has 22 heavy (non-hydrogen) atoms. The van der Waals surface area contributed by atoms with Crippen LogP contribution in [0.4, 0.5) is 5.69 Å². The highest BCUT2D eigenvalue weighted by atomic mass is 16.2. The zero-order chi connectivity index (χ0) is 16.3. The van der Waals surface area contributed by atoms with Crippen LogP contribution in [-0.2, 0) is 4.79 Å². The number of anilines is 1. The molecule has 5 nitrogen and oxygen atoms in total. The van der Waals surface area contributed by atoms with Crippen molar-refractivity contribution in [1.82, 2.24) is 4.57 Å². The molecule has 2 aromatic rings. The van der Waals surface area contributed by atoms with Crippen LogP contribution in [0.1, 0.15) is 29.8 Å². The van der Waals surface area contributed by atoms with Crippen molar-refractivity contribution < 1.29 is 4.79 Å². The number of aromatic nitrogens is 1. The van der Waals surface area contributed by atoms with Gasteiger partial charge < -0.3 is 5.32 Å². The number of carbonyl (C=O) groups is 1. The Balaban J connectivity index is 2.35. The molecule has 0 radical (unpaired) electrons. The Morgan fingerprint density at radius 1 is 1.23 bits per heavy atom. The van der Waals surface area contributed by atoms with E-state index in [1.807, 2.05) is 31.2 Å². The van der Waals surface area contributed by atoms with E-state index in [4.69, 9.17) is 5.26 Å². The number of nitrogens with one attached hydrogen (secondary N) is 1. The van der Waals surface area contributed by atoms with Crippen molar-refractivity contribution in [2.45, 2.75) is 26.8 Å². The molecule has 0 spiro atoms. The van der Waals surface area contributed by atoms with Crippen LogP contribution >= 0.6 is 0 Å². The summed E-state index contributed by atoms with van der Waals surface area (Å²) in [4.78, 5) is 24.7. The molecule has 0 saturated carbocycles. The summed E-state index contributed by atoms with van der Waals surface area (Å²) in [6, 6.07) is 11.7. The maximum absolute atomic E-state index is 12.4. The van der Waals surface area contributed by atoms with Crippen molar-refractivity contribution in [2.24, 2.45) is 0 Å². The van der Waals surface area contributed by atoms with Gasteiger partial charge >= 0.3 is 0 Å². The molecule has 0 aliphatic carbocycles. The van der Waals surface area contributed by atoms with Crippen molar-refractivity contribution in [3.8, 4) is 6.07 Å². The molecule has 1 aromatic carbocycles. The van der Waals surface area contributed by atoms with Gasteiger partial charge in [-0.3, -0.25) is 14.2 Å². The van der Waals surface area contributed by atoms with Crippen LogP contribution in [0.15, 0.2) is 41.2 Å². The van der Waals surface area contributed by atoms with Gasteiger partial charge in [0.2, 0.25) is 5.91 Å². The minimum absolute atomic E-state index is 0.0288. The molecular formula is C17H17N3O2. The zero-order valence-electron chi connectivity index (χ0n) is 12.8. The highest BCUT2D eigenvalue weighted by Gasteiger charge is 2.19. The van der Waals surface area contributed by atoms with E-state index in [1.165, 1.54) is 10.6 Å². The van der Waals surface area contributed by atoms with Crippen molar-refractivity contribution in [1.29, 1.82) is 5.26 Å². The number of carbonyl (C=O) groups excluding carboxylic acids is 1. The van der Waals surface area contributed by atoms with Gasteiger partial charge in [0, 0.05) is 11.4 Å². The third kappa shape index (κ3) is 2.91. The van der Waals surface area contributed by atoms with Crippen LogP contribution in [0, 0.1) is 25.2 Å². The first-order valence-corrected chi connectivity index (χ1v) is 6.94. The molecule has 0 bridgehead atoms. The first kappa shape index (κ1) is 15.5. The summed E-state index contributed by atoms with van der Waals surface area (Å²) in [5.41, 5.74) is 1.87. The molecule has 1 atom stereocenters. The van der Waals surface area contributed by atoms with Crippen molar-refractivity contribution >= 4 is 11.6 Å². The van der Waals surface area contributed by atoms with Crippen LogP contribution in [0.25, 0.3) is 0 Å². The van der Waals surface area contributed by atoms with Crippen LogP contribution in [-0.4, -0.2) is 10.5 Å². The molecule has 2 rings (SSSR count). The average Bonchev–Trinajstić information content (AvgIpc) is 2.49. The van der Waals surface area contributed by atoms with E-state index in [-0.39, 0.29) is 11.5 Å². The second-order valence-corrected chi connectivity index (χ2v) is 5.16. The van der Waals surface area contributed by atoms with E-state index in [1.54, 1.807) is 26.0 Å². The van der Waals surface area contributed by atoms with E-state index in [9.17, 15) is 9.59 Å². The Morgan fingerprint density at radius 3 is 2.55 bits per heavy atom. The van der Waals surface area contributed by atoms with Gasteiger partial charge in [-0.05, 0) is 44.5 Å². The SMILES string of the molecule is Cc1ccccc1NC(=O)C(C)n1c(C)ccc(C#N)c1=O. The molecule has 1 unspecified atom stereocenters. The lowest BCUT2D eigenvalue weighted by Crippen LogP contribution is -2.34. The molecule has 0 saturated heterocycles. The largest absolute Gasteiger partial charge is 0.324 e. The quantitative estimate of drug-likeness (QED) is 0.945. The Morgan fingerprint density at radius 2 is 1.91 bits per heavy atom. The van der Waals surface area contributed by atoms with Gasteiger partial charge in [-0.1, -0.05) is 18.2 Å². The van der Waals surface area contributed by atoms with Crippen molar-refractivity contribution in [3.05, 3.63) is 63.6 Å². The molecule has 5 heteroatoms. The van der Waals surface area contributed by atoms with E-state index in [0.29, 0.717) is 11.4 Å². The number of benzene rings is 1. The normalized spacial score (nSPS) is 11.5. The number of hydrogen-bond donors (Lipinski definition) is 1. The molecule has 112 valence electrons. The average molecular weight is 295 g/mol. The molecule has 1 amide bonds. The second kappa shape index (κ2) is 6.27. The van der Waals surface area contributed by atoms with Gasteiger partial charge in [-0.25, -0.2) is 0 Å². The third-order valence-electron chi connectivity index (χ3n) is 3.61. The molecule has 1 aromatic heterocycles. The Kier molecular flexibility index (Phi) is 4.42. The molecule has 1 N–H and O–H groups in total. The van der Waals surface area contributed by atoms with Crippen LogP contribution in [0.5, 0.6) is 0 Å². The Labute approximate surface area is 128 Å². The Hall–Kier alpha value is -2.87. The number of nitrogens with zero attached hydrogens (tertiary/aromatic N) is 2. The second-order valence-electron chi connectivity index (χ2n) is 5.16. The fraction of sp³-hybridized carbons (Fsp3) is 0.235. The van der Waals surface area contributed by atoms with Crippen LogP contribution < -0.4 is 10.9 Å². The van der Waals surface area contributed by atoms with Crippen molar-refractivity contribution in [3.63, 3.8) is 0 Å². The maximum atomic E-state index is 12.4. The van der Waals surface area contributed by atoms with Gasteiger partial charge in [-0.15, -0.1) is 0 Å². The topological polar surface area (TPSA) is 74.9 Å². The lowest BCUT2D eigenvalue weighted by molar-refractivity contribution is -0.118. The van der Waals surface area contributed by atoms with Gasteiger partial charge in [0.25, 0.3) is 5.56 Å². The standard InChI is InChI=1S/C17H17N3O2/c1-11-6-4-5-7-15(11)19-16(21)13(3)20-12(2)8-9-14(10-18)17(20)22/h4-9,13H,1-3H3,(H,19,21). The summed E-state index contributed by atoms with van der Waals surface area (Å²) >= 11 is 0. The van der Waals surface area contributed by atoms with Gasteiger partial charge in [0.1, 0.15) is 17.7 Å². The number of hydrogen-bond acceptors (Lipinski definition) is 3. The molecule has 1 heterocycles. The molecular weight excluding hydrogens is 278 g/mol. The lowest BCUT2D eigenvalue weighted by atomic mass is 10.1. The number of aryl methyl sites for hydroxylation is 2. The van der Waals surface area contributed by atoms with Crippen LogP contribution in [0.3, 0.4) is 0 Å². The summed E-state index contributed by atoms with van der Waals surface area (Å²) < 4.78 is 1.34. The van der Waals surface area contributed by atoms with E-state index in [0.717, 1.165) is 5.56 Å². The Bertz CT molecular complexity index is 815. The van der Waals surface area contributed by atoms with Crippen molar-refractivity contribution in [2.75, 3.05) is 5.32 Å². The first-order chi connectivity index (χ1) is 10.5. The third-order valence-corrected chi connectivity index (χ3v) is 3.61. The van der Waals surface area contributed by atoms with Crippen LogP contribution in [0.2, 0.25) is 0 Å². The number of para-hydroxylation sites is 1. The minimum atomic E-state index is -0.708. The highest BCUT2D eigenvalue weighted by Crippen LogP contribution is 2.16. The monoisotopic (exact) mass is 295 g/mol. The molecule has 0 aliphatic heterocycles. The summed E-state index contributed by atoms with van der Waals surface area (Å²) in [7, 11) is 0. The number of pyridine rings is 1. The summed E-state index contributed by atoms with van der Waals surface area (Å²) in [5.74, 6) is -0.297. The first-order valence-electron chi connectivity index (χ1n) is 6.94. The minimum Gasteiger partial charge on any atom is -0.324 e. The summed E-state index contributed by atoms with van der Waals surface area (Å²) in [5, 5.41) is 11.8. The lowest BCUT2D eigenvalue weighted by Gasteiger charge is -2.18. The van der Waals surface area contributed by atoms with Gasteiger partial charge in [0.05, 0.1) is 0 Å². The highest BCUT2D eigenvalue weighted by molar-refractivity contribution is 5.94. The fourth-order valence-electron chi connectivity index (χ4n) is 2.28. The predicted octanol–water partition coefficient (Wildman–Crippen LogP) is 2.54.